The number of aromatic carboxylic acids is 1. The highest BCUT2D eigenvalue weighted by Crippen LogP contribution is 2.35. The van der Waals surface area contributed by atoms with Crippen molar-refractivity contribution in [2.75, 3.05) is 6.61 Å². The summed E-state index contributed by atoms with van der Waals surface area (Å²) >= 11 is 0. The molecule has 0 fully saturated rings. The third kappa shape index (κ3) is 8.60. The van der Waals surface area contributed by atoms with E-state index in [4.69, 9.17) is 10.00 Å². The Balaban J connectivity index is 0.000000324. The Bertz CT molecular complexity index is 1970. The van der Waals surface area contributed by atoms with Gasteiger partial charge in [-0.1, -0.05) is 26.1 Å². The van der Waals surface area contributed by atoms with Crippen LogP contribution in [0.5, 0.6) is 0 Å². The van der Waals surface area contributed by atoms with Crippen LogP contribution < -0.4 is 10.6 Å². The topological polar surface area (TPSA) is 189 Å². The van der Waals surface area contributed by atoms with Crippen molar-refractivity contribution in [3.63, 3.8) is 0 Å². The highest BCUT2D eigenvalue weighted by atomic mass is 19.4. The first-order chi connectivity index (χ1) is 22.7. The molecule has 1 aromatic carbocycles. The molecule has 256 valence electrons. The highest BCUT2D eigenvalue weighted by molar-refractivity contribution is 5.96. The summed E-state index contributed by atoms with van der Waals surface area (Å²) in [6.45, 7) is 5.16. The second-order valence-corrected chi connectivity index (χ2v) is 10.2. The second-order valence-electron chi connectivity index (χ2n) is 10.2. The van der Waals surface area contributed by atoms with Crippen LogP contribution in [0.3, 0.4) is 0 Å². The number of carbonyl (C=O) groups excluding carboxylic acids is 3. The minimum absolute atomic E-state index is 0. The van der Waals surface area contributed by atoms with Crippen molar-refractivity contribution in [1.82, 2.24) is 30.2 Å². The average Bonchev–Trinajstić information content (AvgIpc) is 3.65. The molecular formula is C32H29F4N7O6. The van der Waals surface area contributed by atoms with Crippen LogP contribution >= 0.6 is 0 Å². The van der Waals surface area contributed by atoms with E-state index in [9.17, 15) is 41.8 Å². The Morgan fingerprint density at radius 1 is 1.22 bits per heavy atom. The summed E-state index contributed by atoms with van der Waals surface area (Å²) in [6, 6.07) is 8.56. The number of ether oxygens (including phenoxy) is 1. The Kier molecular flexibility index (Phi) is 11.9. The molecule has 0 saturated carbocycles. The number of pyridine rings is 1. The minimum atomic E-state index is -4.90. The van der Waals surface area contributed by atoms with Gasteiger partial charge in [-0.25, -0.2) is 28.5 Å². The molecule has 0 unspecified atom stereocenters. The van der Waals surface area contributed by atoms with E-state index in [0.29, 0.717) is 24.0 Å². The molecule has 0 bridgehead atoms. The Labute approximate surface area is 276 Å². The van der Waals surface area contributed by atoms with Crippen LogP contribution in [0.25, 0.3) is 5.65 Å². The zero-order valence-electron chi connectivity index (χ0n) is 25.0. The van der Waals surface area contributed by atoms with E-state index < -0.39 is 41.4 Å². The molecule has 2 amide bonds. The van der Waals surface area contributed by atoms with Crippen molar-refractivity contribution in [2.24, 2.45) is 0 Å². The summed E-state index contributed by atoms with van der Waals surface area (Å²) in [4.78, 5) is 54.4. The van der Waals surface area contributed by atoms with Gasteiger partial charge in [0.2, 0.25) is 0 Å². The molecule has 0 saturated heterocycles. The fourth-order valence-corrected chi connectivity index (χ4v) is 4.83. The molecule has 17 heteroatoms. The largest absolute Gasteiger partial charge is 0.477 e. The molecule has 0 aliphatic heterocycles. The summed E-state index contributed by atoms with van der Waals surface area (Å²) < 4.78 is 55.5. The predicted molar refractivity (Wildman–Crippen MR) is 164 cm³/mol. The third-order valence-corrected chi connectivity index (χ3v) is 7.08. The van der Waals surface area contributed by atoms with E-state index in [-0.39, 0.29) is 43.7 Å². The fraction of sp³-hybridized carbons (Fsp3) is 0.250. The van der Waals surface area contributed by atoms with Gasteiger partial charge in [0.15, 0.2) is 17.2 Å². The minimum Gasteiger partial charge on any atom is -0.477 e. The van der Waals surface area contributed by atoms with Crippen LogP contribution in [-0.2, 0) is 22.5 Å². The molecule has 49 heavy (non-hydrogen) atoms. The summed E-state index contributed by atoms with van der Waals surface area (Å²) in [5.41, 5.74) is 2.53. The average molecular weight is 684 g/mol. The maximum Gasteiger partial charge on any atom is 0.471 e. The van der Waals surface area contributed by atoms with Crippen molar-refractivity contribution >= 4 is 29.4 Å². The van der Waals surface area contributed by atoms with Gasteiger partial charge in [0.25, 0.3) is 5.91 Å². The van der Waals surface area contributed by atoms with E-state index in [1.807, 2.05) is 6.92 Å². The zero-order valence-corrected chi connectivity index (χ0v) is 25.0. The molecule has 3 heterocycles. The molecule has 4 aromatic rings. The van der Waals surface area contributed by atoms with Gasteiger partial charge in [0.05, 0.1) is 17.8 Å². The lowest BCUT2D eigenvalue weighted by Crippen LogP contribution is -2.36. The van der Waals surface area contributed by atoms with Crippen LogP contribution in [0.2, 0.25) is 0 Å². The van der Waals surface area contributed by atoms with E-state index in [0.717, 1.165) is 33.5 Å². The molecule has 0 spiro atoms. The van der Waals surface area contributed by atoms with Crippen molar-refractivity contribution in [2.45, 2.75) is 46.0 Å². The molecule has 1 aliphatic carbocycles. The first-order valence-corrected chi connectivity index (χ1v) is 13.9. The van der Waals surface area contributed by atoms with Crippen molar-refractivity contribution in [3.8, 4) is 6.07 Å². The van der Waals surface area contributed by atoms with Gasteiger partial charge in [-0.15, -0.1) is 0 Å². The molecule has 0 radical (unpaired) electrons. The lowest BCUT2D eigenvalue weighted by atomic mass is 9.98. The van der Waals surface area contributed by atoms with Gasteiger partial charge in [0.1, 0.15) is 24.1 Å². The van der Waals surface area contributed by atoms with Crippen molar-refractivity contribution in [3.05, 3.63) is 106 Å². The number of amides is 2. The van der Waals surface area contributed by atoms with Gasteiger partial charge in [-0.2, -0.15) is 23.5 Å². The number of benzene rings is 1. The molecule has 3 aromatic heterocycles. The number of hydrogen-bond acceptors (Lipinski definition) is 9. The number of esters is 1. The number of alkyl halides is 3. The molecule has 1 aliphatic rings. The summed E-state index contributed by atoms with van der Waals surface area (Å²) in [6.07, 6.45) is -0.0358. The third-order valence-electron chi connectivity index (χ3n) is 7.08. The van der Waals surface area contributed by atoms with Crippen molar-refractivity contribution in [1.29, 1.82) is 5.26 Å². The zero-order chi connectivity index (χ0) is 35.2. The van der Waals surface area contributed by atoms with Gasteiger partial charge < -0.3 is 20.5 Å². The van der Waals surface area contributed by atoms with Gasteiger partial charge >= 0.3 is 24.0 Å². The fourth-order valence-electron chi connectivity index (χ4n) is 4.83. The Morgan fingerprint density at radius 2 is 1.96 bits per heavy atom. The van der Waals surface area contributed by atoms with Crippen LogP contribution in [-0.4, -0.2) is 61.2 Å². The molecule has 1 atom stereocenters. The number of fused-ring (bicyclic) bond motifs is 2. The standard InChI is InChI=1S/C22H19FN4O5.C9H6F3N3O.CH4/c1-3-8-32-22(31)13-4-5-14-12(11(13)2)6-7-16(14)26-20(28)18-9-17(21(29)30)25-19-15(23)10-24-27(18)19;10-9(11,12)8(16)15-5-6-1-2-14-7(3-6)4-13;/h3-5,9-10,16H,1,6-8H2,2H3,(H,26,28)(H,29,30);1-3H,5H2,(H,15,16);1H4/t16-;;/m0../s1. The SMILES string of the molecule is C.C=CCOC(=O)c1ccc2c(c1C)CC[C@@H]2NC(=O)c1cc(C(=O)O)nc2c(F)cnn12.N#Cc1cc(CNC(=O)C(F)(F)F)ccn1. The lowest BCUT2D eigenvalue weighted by molar-refractivity contribution is -0.173. The smallest absolute Gasteiger partial charge is 0.471 e. The van der Waals surface area contributed by atoms with E-state index in [1.54, 1.807) is 23.5 Å². The first kappa shape index (κ1) is 37.3. The van der Waals surface area contributed by atoms with E-state index in [2.05, 4.69) is 27.0 Å². The molecule has 3 N–H and O–H groups in total. The Morgan fingerprint density at radius 3 is 2.61 bits per heavy atom. The number of carboxylic acids is 1. The number of rotatable bonds is 8. The second kappa shape index (κ2) is 15.6. The number of carboxylic acid groups (broad SMARTS) is 1. The maximum atomic E-state index is 13.9. The van der Waals surface area contributed by atoms with E-state index in [1.165, 1.54) is 24.4 Å². The maximum absolute atomic E-state index is 13.9. The van der Waals surface area contributed by atoms with Crippen LogP contribution in [0.15, 0.2) is 55.4 Å². The predicted octanol–water partition coefficient (Wildman–Crippen LogP) is 4.40. The molecule has 13 nitrogen and oxygen atoms in total. The van der Waals surface area contributed by atoms with Gasteiger partial charge in [-0.05, 0) is 60.2 Å². The monoisotopic (exact) mass is 683 g/mol. The normalized spacial score (nSPS) is 13.1. The Hall–Kier alpha value is -6.18. The van der Waals surface area contributed by atoms with Crippen LogP contribution in [0.4, 0.5) is 17.6 Å². The summed E-state index contributed by atoms with van der Waals surface area (Å²) in [7, 11) is 0. The van der Waals surface area contributed by atoms with Gasteiger partial charge in [0, 0.05) is 18.8 Å². The van der Waals surface area contributed by atoms with Crippen molar-refractivity contribution < 1.29 is 46.6 Å². The first-order valence-electron chi connectivity index (χ1n) is 13.9. The number of hydrogen-bond donors (Lipinski definition) is 3. The lowest BCUT2D eigenvalue weighted by Gasteiger charge is -2.16. The number of aromatic nitrogens is 4. The quantitative estimate of drug-likeness (QED) is 0.136. The van der Waals surface area contributed by atoms with E-state index >= 15 is 0 Å². The molecular weight excluding hydrogens is 654 g/mol. The number of nitrogens with zero attached hydrogens (tertiary/aromatic N) is 5. The number of carbonyl (C=O) groups is 4. The number of halogens is 4. The highest BCUT2D eigenvalue weighted by Gasteiger charge is 2.38. The number of nitrogens with one attached hydrogen (secondary N) is 2. The van der Waals surface area contributed by atoms with Gasteiger partial charge in [-0.3, -0.25) is 9.59 Å². The van der Waals surface area contributed by atoms with Crippen LogP contribution in [0.1, 0.15) is 79.2 Å². The summed E-state index contributed by atoms with van der Waals surface area (Å²) in [5, 5.41) is 26.1. The summed E-state index contributed by atoms with van der Waals surface area (Å²) in [5.74, 6) is -5.30. The van der Waals surface area contributed by atoms with Crippen LogP contribution in [0, 0.1) is 24.1 Å². The molecule has 5 rings (SSSR count). The number of nitriles is 1.